The van der Waals surface area contributed by atoms with Crippen LogP contribution in [0.5, 0.6) is 11.5 Å². The Balaban J connectivity index is 0.000000199. The topological polar surface area (TPSA) is 219 Å². The molecule has 420 valence electrons. The number of amides is 1. The number of benzene rings is 4. The van der Waals surface area contributed by atoms with Crippen LogP contribution in [-0.2, 0) is 22.8 Å². The van der Waals surface area contributed by atoms with Gasteiger partial charge < -0.3 is 46.1 Å². The van der Waals surface area contributed by atoms with Gasteiger partial charge in [0.1, 0.15) is 49.0 Å². The van der Waals surface area contributed by atoms with Gasteiger partial charge in [-0.15, -0.1) is 0 Å². The minimum absolute atomic E-state index is 0.0265. The average Bonchev–Trinajstić information content (AvgIpc) is 4.11. The summed E-state index contributed by atoms with van der Waals surface area (Å²) in [7, 11) is 4.22. The number of carboxylic acid groups (broad SMARTS) is 1. The molecule has 2 aliphatic heterocycles. The summed E-state index contributed by atoms with van der Waals surface area (Å²) in [4.78, 5) is 52.8. The maximum Gasteiger partial charge on any atom is 0.381 e. The minimum atomic E-state index is -1.07. The van der Waals surface area contributed by atoms with Crippen molar-refractivity contribution in [2.45, 2.75) is 53.8 Å². The van der Waals surface area contributed by atoms with E-state index in [1.54, 1.807) is 37.5 Å². The zero-order valence-electron chi connectivity index (χ0n) is 46.7. The number of halogens is 2. The summed E-state index contributed by atoms with van der Waals surface area (Å²) < 4.78 is 11.7. The fourth-order valence-corrected chi connectivity index (χ4v) is 9.54. The summed E-state index contributed by atoms with van der Waals surface area (Å²) in [5, 5.41) is 19.7. The second kappa shape index (κ2) is 27.8. The maximum absolute atomic E-state index is 12.4. The highest BCUT2D eigenvalue weighted by Crippen LogP contribution is 2.36. The Morgan fingerprint density at radius 1 is 0.651 bits per heavy atom. The molecular formula is C64H60Cl2N12O5. The number of carbonyl (C=O) groups excluding carboxylic acids is 1. The molecule has 6 N–H and O–H groups in total. The van der Waals surface area contributed by atoms with Gasteiger partial charge in [-0.3, -0.25) is 14.8 Å². The van der Waals surface area contributed by atoms with Crippen molar-refractivity contribution in [1.29, 1.82) is 0 Å². The van der Waals surface area contributed by atoms with Crippen molar-refractivity contribution in [3.8, 4) is 58.9 Å². The van der Waals surface area contributed by atoms with Crippen LogP contribution in [-0.4, -0.2) is 97.0 Å². The van der Waals surface area contributed by atoms with E-state index in [-0.39, 0.29) is 10.8 Å². The van der Waals surface area contributed by atoms with Gasteiger partial charge in [0.2, 0.25) is 0 Å². The Hall–Kier alpha value is -9.46. The summed E-state index contributed by atoms with van der Waals surface area (Å²) in [5.74, 6) is 23.6. The average molecular weight is 1150 g/mol. The fraction of sp³-hybridized carbons (Fsp3) is 0.250. The number of nitrogens with zero attached hydrogens (tertiary/aromatic N) is 8. The summed E-state index contributed by atoms with van der Waals surface area (Å²) in [5.41, 5.74) is 13.4. The van der Waals surface area contributed by atoms with E-state index in [2.05, 4.69) is 125 Å². The molecule has 10 rings (SSSR count). The molecule has 0 aliphatic carbocycles. The van der Waals surface area contributed by atoms with E-state index < -0.39 is 11.9 Å². The lowest BCUT2D eigenvalue weighted by molar-refractivity contribution is -0.130. The van der Waals surface area contributed by atoms with Gasteiger partial charge in [-0.1, -0.05) is 70.9 Å². The van der Waals surface area contributed by atoms with Crippen molar-refractivity contribution in [3.05, 3.63) is 155 Å². The largest absolute Gasteiger partial charge is 0.486 e. The van der Waals surface area contributed by atoms with Crippen molar-refractivity contribution >= 4 is 91.3 Å². The minimum Gasteiger partial charge on any atom is -0.486 e. The van der Waals surface area contributed by atoms with Crippen LogP contribution < -0.4 is 31.2 Å². The molecule has 4 aromatic heterocycles. The third-order valence-corrected chi connectivity index (χ3v) is 13.8. The Kier molecular flexibility index (Phi) is 20.0. The Morgan fingerprint density at radius 3 is 1.58 bits per heavy atom. The molecule has 6 heterocycles. The molecule has 2 unspecified atom stereocenters. The van der Waals surface area contributed by atoms with Gasteiger partial charge in [0.25, 0.3) is 5.91 Å². The number of hydrogen-bond acceptors (Lipinski definition) is 15. The number of pyridine rings is 2. The molecule has 19 heteroatoms. The van der Waals surface area contributed by atoms with Crippen LogP contribution in [0.15, 0.2) is 122 Å². The molecule has 8 aromatic rings. The normalized spacial score (nSPS) is 16.0. The first-order chi connectivity index (χ1) is 40.0. The molecule has 2 aliphatic rings. The van der Waals surface area contributed by atoms with Crippen LogP contribution in [0.2, 0.25) is 10.0 Å². The quantitative estimate of drug-likeness (QED) is 0.0601. The Morgan fingerprint density at radius 2 is 1.14 bits per heavy atom. The zero-order valence-corrected chi connectivity index (χ0v) is 48.2. The fourth-order valence-electron chi connectivity index (χ4n) is 9.07. The number of likely N-dealkylation sites (tertiary alicyclic amines) is 2. The van der Waals surface area contributed by atoms with E-state index in [4.69, 9.17) is 43.5 Å². The van der Waals surface area contributed by atoms with Gasteiger partial charge in [-0.25, -0.2) is 24.7 Å². The first kappa shape index (κ1) is 59.7. The van der Waals surface area contributed by atoms with Crippen molar-refractivity contribution in [3.63, 3.8) is 0 Å². The number of carboxylic acids is 1. The highest BCUT2D eigenvalue weighted by molar-refractivity contribution is 6.32. The first-order valence-electron chi connectivity index (χ1n) is 26.3. The second-order valence-electron chi connectivity index (χ2n) is 20.2. The van der Waals surface area contributed by atoms with Crippen LogP contribution in [0.3, 0.4) is 0 Å². The molecule has 0 bridgehead atoms. The lowest BCUT2D eigenvalue weighted by Gasteiger charge is -2.16. The van der Waals surface area contributed by atoms with Crippen LogP contribution in [0.1, 0.15) is 63.1 Å². The Labute approximate surface area is 492 Å². The van der Waals surface area contributed by atoms with E-state index in [9.17, 15) is 9.59 Å². The third-order valence-electron chi connectivity index (χ3n) is 13.2. The van der Waals surface area contributed by atoms with Gasteiger partial charge in [0, 0.05) is 75.6 Å². The smallest absolute Gasteiger partial charge is 0.381 e. The van der Waals surface area contributed by atoms with E-state index in [0.717, 1.165) is 72.6 Å². The first-order valence-corrected chi connectivity index (χ1v) is 27.1. The SMILES string of the molecule is CC#CC(=O)Nc1cc2c(Nc3ccc(OCc4ccccn4)c(Cl)c3)ncnc2cc1C#CC1(C)CCN(C)C1.CC#CC(=O)O.CN1CCC(C)(C#Cc2cc3ncnc(Nc4ccc(OCc5ccccn5)c(Cl)c4)c3cc2N)C1. The number of nitrogens with two attached hydrogens (primary N) is 1. The molecule has 2 fully saturated rings. The number of anilines is 6. The number of aliphatic carboxylic acids is 1. The number of rotatable bonds is 11. The molecule has 0 radical (unpaired) electrons. The molecule has 0 saturated carbocycles. The summed E-state index contributed by atoms with van der Waals surface area (Å²) >= 11 is 13.0. The van der Waals surface area contributed by atoms with Gasteiger partial charge in [-0.2, -0.15) is 0 Å². The number of ether oxygens (including phenoxy) is 2. The molecule has 83 heavy (non-hydrogen) atoms. The summed E-state index contributed by atoms with van der Waals surface area (Å²) in [6.45, 7) is 12.0. The predicted molar refractivity (Wildman–Crippen MR) is 327 cm³/mol. The lowest BCUT2D eigenvalue weighted by Crippen LogP contribution is -2.20. The highest BCUT2D eigenvalue weighted by Gasteiger charge is 2.31. The molecule has 2 atom stereocenters. The molecule has 17 nitrogen and oxygen atoms in total. The molecule has 0 spiro atoms. The number of aromatic nitrogens is 6. The zero-order chi connectivity index (χ0) is 58.9. The Bertz CT molecular complexity index is 3940. The third kappa shape index (κ3) is 16.8. The lowest BCUT2D eigenvalue weighted by atomic mass is 9.90. The summed E-state index contributed by atoms with van der Waals surface area (Å²) in [6.07, 6.45) is 8.50. The maximum atomic E-state index is 12.4. The molecule has 2 saturated heterocycles. The van der Waals surface area contributed by atoms with E-state index in [1.807, 2.05) is 84.8 Å². The number of carbonyl (C=O) groups is 2. The van der Waals surface area contributed by atoms with Crippen molar-refractivity contribution in [1.82, 2.24) is 39.7 Å². The van der Waals surface area contributed by atoms with Crippen LogP contribution in [0, 0.1) is 58.2 Å². The summed E-state index contributed by atoms with van der Waals surface area (Å²) in [6, 6.07) is 29.7. The van der Waals surface area contributed by atoms with Crippen LogP contribution in [0.25, 0.3) is 21.8 Å². The van der Waals surface area contributed by atoms with E-state index >= 15 is 0 Å². The highest BCUT2D eigenvalue weighted by atomic mass is 35.5. The number of hydrogen-bond donors (Lipinski definition) is 5. The number of fused-ring (bicyclic) bond motifs is 2. The van der Waals surface area contributed by atoms with Gasteiger partial charge >= 0.3 is 5.97 Å². The number of nitrogen functional groups attached to an aromatic ring is 1. The predicted octanol–water partition coefficient (Wildman–Crippen LogP) is 11.0. The van der Waals surface area contributed by atoms with E-state index in [0.29, 0.717) is 79.9 Å². The van der Waals surface area contributed by atoms with Crippen molar-refractivity contribution in [2.75, 3.05) is 62.0 Å². The van der Waals surface area contributed by atoms with Crippen molar-refractivity contribution in [2.24, 2.45) is 10.8 Å². The molecule has 4 aromatic carbocycles. The monoisotopic (exact) mass is 1150 g/mol. The van der Waals surface area contributed by atoms with Crippen LogP contribution >= 0.6 is 23.2 Å². The van der Waals surface area contributed by atoms with Gasteiger partial charge in [0.15, 0.2) is 0 Å². The van der Waals surface area contributed by atoms with E-state index in [1.165, 1.54) is 19.6 Å². The second-order valence-corrected chi connectivity index (χ2v) is 21.0. The van der Waals surface area contributed by atoms with Gasteiger partial charge in [0.05, 0.1) is 43.7 Å². The standard InChI is InChI=1S/C32H29ClN6O2.C28H27ClN6O.C4H4O2/c1-4-7-30(40)38-27-18-25-28(16-22(27)11-12-32(2)13-15-39(3)20-32)35-21-36-31(25)37-23-9-10-29(26(33)17-23)41-19-24-8-5-6-14-34-24;1-28(10-12-35(2)17-28)9-8-19-13-25-22(15-24(19)30)27(33-18-32-25)34-20-6-7-26(23(29)14-20)36-16-21-5-3-4-11-31-21;1-2-3-4(5)6/h5-6,8-10,14,16-18,21H,13,15,19-20H2,1-3H3,(H,38,40)(H,35,36,37);3-7,11,13-15,18H,10,12,16-17,30H2,1-2H3,(H,32,33,34);1H3,(H,5,6). The van der Waals surface area contributed by atoms with Crippen LogP contribution in [0.4, 0.5) is 34.4 Å². The molecular weight excluding hydrogens is 1090 g/mol. The molecule has 1 amide bonds. The van der Waals surface area contributed by atoms with Gasteiger partial charge in [-0.05, 0) is 159 Å². The number of nitrogens with one attached hydrogen (secondary N) is 3. The van der Waals surface area contributed by atoms with Crippen molar-refractivity contribution < 1.29 is 24.2 Å².